The number of anilines is 1. The number of nitrogens with zero attached hydrogens (tertiary/aromatic N) is 1. The summed E-state index contributed by atoms with van der Waals surface area (Å²) in [5, 5.41) is 9.78. The number of rotatable bonds is 4. The highest BCUT2D eigenvalue weighted by Gasteiger charge is 2.37. The summed E-state index contributed by atoms with van der Waals surface area (Å²) in [5.74, 6) is -0.645. The Morgan fingerprint density at radius 3 is 2.50 bits per heavy atom. The normalized spacial score (nSPS) is 15.4. The standard InChI is InChI=1S/C22H21NO5/c1-13-6-5-7-16(10-13)23-14(2)20(22(26)28-4)17(21(23)25)11-15-8-9-18(24)19(12-15)27-3/h5-12,24H,1-4H3/b17-11-. The van der Waals surface area contributed by atoms with E-state index < -0.39 is 5.97 Å². The van der Waals surface area contributed by atoms with E-state index in [2.05, 4.69) is 0 Å². The van der Waals surface area contributed by atoms with E-state index >= 15 is 0 Å². The lowest BCUT2D eigenvalue weighted by molar-refractivity contribution is -0.136. The Morgan fingerprint density at radius 1 is 1.11 bits per heavy atom. The van der Waals surface area contributed by atoms with E-state index in [0.717, 1.165) is 5.56 Å². The van der Waals surface area contributed by atoms with Crippen LogP contribution in [0.3, 0.4) is 0 Å². The summed E-state index contributed by atoms with van der Waals surface area (Å²) in [6.07, 6.45) is 1.59. The molecule has 1 amide bonds. The summed E-state index contributed by atoms with van der Waals surface area (Å²) in [5.41, 5.74) is 3.21. The summed E-state index contributed by atoms with van der Waals surface area (Å²) < 4.78 is 10.0. The second-order valence-electron chi connectivity index (χ2n) is 6.42. The van der Waals surface area contributed by atoms with Crippen LogP contribution in [0, 0.1) is 6.92 Å². The SMILES string of the molecule is COC(=O)C1=C(C)N(c2cccc(C)c2)C(=O)/C1=C\c1ccc(O)c(OC)c1. The second kappa shape index (κ2) is 7.60. The van der Waals surface area contributed by atoms with Crippen molar-refractivity contribution >= 4 is 23.6 Å². The summed E-state index contributed by atoms with van der Waals surface area (Å²) in [6, 6.07) is 12.2. The fourth-order valence-electron chi connectivity index (χ4n) is 3.21. The highest BCUT2D eigenvalue weighted by molar-refractivity contribution is 6.23. The van der Waals surface area contributed by atoms with Crippen molar-refractivity contribution in [3.63, 3.8) is 0 Å². The average Bonchev–Trinajstić information content (AvgIpc) is 2.92. The maximum absolute atomic E-state index is 13.2. The summed E-state index contributed by atoms with van der Waals surface area (Å²) in [6.45, 7) is 3.65. The molecule has 3 rings (SSSR count). The number of methoxy groups -OCH3 is 2. The van der Waals surface area contributed by atoms with Gasteiger partial charge in [-0.25, -0.2) is 4.79 Å². The maximum Gasteiger partial charge on any atom is 0.340 e. The number of carbonyl (C=O) groups excluding carboxylic acids is 2. The van der Waals surface area contributed by atoms with Crippen LogP contribution < -0.4 is 9.64 Å². The average molecular weight is 379 g/mol. The third kappa shape index (κ3) is 3.36. The number of benzene rings is 2. The third-order valence-corrected chi connectivity index (χ3v) is 4.56. The number of hydrogen-bond donors (Lipinski definition) is 1. The Kier molecular flexibility index (Phi) is 5.22. The van der Waals surface area contributed by atoms with E-state index in [1.807, 2.05) is 31.2 Å². The molecule has 0 unspecified atom stereocenters. The Labute approximate surface area is 163 Å². The van der Waals surface area contributed by atoms with Crippen LogP contribution in [0.4, 0.5) is 5.69 Å². The third-order valence-electron chi connectivity index (χ3n) is 4.56. The molecule has 0 aromatic heterocycles. The van der Waals surface area contributed by atoms with Crippen LogP contribution in [0.15, 0.2) is 59.3 Å². The van der Waals surface area contributed by atoms with Gasteiger partial charge < -0.3 is 14.6 Å². The maximum atomic E-state index is 13.2. The van der Waals surface area contributed by atoms with Crippen LogP contribution in [0.2, 0.25) is 0 Å². The number of ether oxygens (including phenoxy) is 2. The van der Waals surface area contributed by atoms with E-state index in [4.69, 9.17) is 9.47 Å². The molecule has 0 fully saturated rings. The van der Waals surface area contributed by atoms with E-state index in [9.17, 15) is 14.7 Å². The highest BCUT2D eigenvalue weighted by atomic mass is 16.5. The molecule has 0 saturated heterocycles. The minimum atomic E-state index is -0.585. The Morgan fingerprint density at radius 2 is 1.86 bits per heavy atom. The largest absolute Gasteiger partial charge is 0.504 e. The lowest BCUT2D eigenvalue weighted by Crippen LogP contribution is -2.24. The van der Waals surface area contributed by atoms with Gasteiger partial charge in [0.25, 0.3) is 5.91 Å². The number of aromatic hydroxyl groups is 1. The summed E-state index contributed by atoms with van der Waals surface area (Å²) in [7, 11) is 2.72. The molecule has 6 heteroatoms. The van der Waals surface area contributed by atoms with Crippen LogP contribution in [0.25, 0.3) is 6.08 Å². The van der Waals surface area contributed by atoms with Gasteiger partial charge in [0.15, 0.2) is 11.5 Å². The van der Waals surface area contributed by atoms with Crippen molar-refractivity contribution in [1.29, 1.82) is 0 Å². The zero-order valence-electron chi connectivity index (χ0n) is 16.1. The minimum absolute atomic E-state index is 0.0105. The van der Waals surface area contributed by atoms with Gasteiger partial charge in [-0.05, 0) is 55.3 Å². The smallest absolute Gasteiger partial charge is 0.340 e. The number of esters is 1. The van der Waals surface area contributed by atoms with Crippen LogP contribution in [-0.2, 0) is 14.3 Å². The second-order valence-corrected chi connectivity index (χ2v) is 6.42. The van der Waals surface area contributed by atoms with Crippen molar-refractivity contribution in [2.75, 3.05) is 19.1 Å². The van der Waals surface area contributed by atoms with Gasteiger partial charge in [0.1, 0.15) is 0 Å². The topological polar surface area (TPSA) is 76.1 Å². The van der Waals surface area contributed by atoms with Crippen LogP contribution >= 0.6 is 0 Å². The molecule has 1 aliphatic heterocycles. The number of hydrogen-bond acceptors (Lipinski definition) is 5. The van der Waals surface area contributed by atoms with Crippen molar-refractivity contribution in [2.45, 2.75) is 13.8 Å². The number of allylic oxidation sites excluding steroid dienone is 1. The number of aryl methyl sites for hydroxylation is 1. The predicted octanol–water partition coefficient (Wildman–Crippen LogP) is 3.59. The molecule has 1 aliphatic rings. The van der Waals surface area contributed by atoms with Gasteiger partial charge >= 0.3 is 5.97 Å². The zero-order chi connectivity index (χ0) is 20.4. The first-order valence-electron chi connectivity index (χ1n) is 8.66. The van der Waals surface area contributed by atoms with E-state index in [1.54, 1.807) is 25.1 Å². The number of phenolic OH excluding ortho intramolecular Hbond substituents is 1. The van der Waals surface area contributed by atoms with Gasteiger partial charge in [-0.2, -0.15) is 0 Å². The van der Waals surface area contributed by atoms with E-state index in [0.29, 0.717) is 16.9 Å². The number of amides is 1. The lowest BCUT2D eigenvalue weighted by atomic mass is 10.0. The Hall–Kier alpha value is -3.54. The number of carbonyl (C=O) groups is 2. The van der Waals surface area contributed by atoms with Crippen molar-refractivity contribution in [3.8, 4) is 11.5 Å². The van der Waals surface area contributed by atoms with Crippen LogP contribution in [0.1, 0.15) is 18.1 Å². The quantitative estimate of drug-likeness (QED) is 0.649. The van der Waals surface area contributed by atoms with Crippen molar-refractivity contribution in [2.24, 2.45) is 0 Å². The van der Waals surface area contributed by atoms with Gasteiger partial charge in [-0.15, -0.1) is 0 Å². The lowest BCUT2D eigenvalue weighted by Gasteiger charge is -2.18. The molecule has 0 radical (unpaired) electrons. The molecular formula is C22H21NO5. The van der Waals surface area contributed by atoms with E-state index in [1.165, 1.54) is 25.2 Å². The highest BCUT2D eigenvalue weighted by Crippen LogP contribution is 2.36. The first-order chi connectivity index (χ1) is 13.4. The van der Waals surface area contributed by atoms with Crippen molar-refractivity contribution < 1.29 is 24.2 Å². The first-order valence-corrected chi connectivity index (χ1v) is 8.66. The van der Waals surface area contributed by atoms with Crippen molar-refractivity contribution in [3.05, 3.63) is 70.4 Å². The molecule has 144 valence electrons. The monoisotopic (exact) mass is 379 g/mol. The molecule has 6 nitrogen and oxygen atoms in total. The predicted molar refractivity (Wildman–Crippen MR) is 106 cm³/mol. The molecule has 0 aliphatic carbocycles. The van der Waals surface area contributed by atoms with Crippen LogP contribution in [0.5, 0.6) is 11.5 Å². The van der Waals surface area contributed by atoms with Gasteiger partial charge in [0.05, 0.1) is 25.4 Å². The molecule has 1 heterocycles. The van der Waals surface area contributed by atoms with Gasteiger partial charge in [0, 0.05) is 11.4 Å². The van der Waals surface area contributed by atoms with Gasteiger partial charge in [0.2, 0.25) is 0 Å². The molecule has 28 heavy (non-hydrogen) atoms. The first kappa shape index (κ1) is 19.2. The fourth-order valence-corrected chi connectivity index (χ4v) is 3.21. The summed E-state index contributed by atoms with van der Waals surface area (Å²) >= 11 is 0. The number of phenols is 1. The zero-order valence-corrected chi connectivity index (χ0v) is 16.1. The van der Waals surface area contributed by atoms with Gasteiger partial charge in [-0.3, -0.25) is 9.69 Å². The molecule has 2 aromatic carbocycles. The van der Waals surface area contributed by atoms with E-state index in [-0.39, 0.29) is 28.6 Å². The van der Waals surface area contributed by atoms with Gasteiger partial charge in [-0.1, -0.05) is 18.2 Å². The molecule has 0 bridgehead atoms. The molecule has 2 aromatic rings. The summed E-state index contributed by atoms with van der Waals surface area (Å²) in [4.78, 5) is 27.1. The molecular weight excluding hydrogens is 358 g/mol. The molecule has 0 spiro atoms. The molecule has 1 N–H and O–H groups in total. The molecule has 0 atom stereocenters. The van der Waals surface area contributed by atoms with Crippen LogP contribution in [-0.4, -0.2) is 31.2 Å². The fraction of sp³-hybridized carbons (Fsp3) is 0.182. The van der Waals surface area contributed by atoms with Crippen molar-refractivity contribution in [1.82, 2.24) is 0 Å². The minimum Gasteiger partial charge on any atom is -0.504 e. The Bertz CT molecular complexity index is 1020. The molecule has 0 saturated carbocycles. The Balaban J connectivity index is 2.15.